The van der Waals surface area contributed by atoms with E-state index in [2.05, 4.69) is 0 Å². The third-order valence-corrected chi connectivity index (χ3v) is 2.90. The monoisotopic (exact) mass is 217 g/mol. The number of hydrogen-bond acceptors (Lipinski definition) is 1. The summed E-state index contributed by atoms with van der Waals surface area (Å²) in [5.41, 5.74) is 6.46. The molecular weight excluding hydrogens is 205 g/mol. The van der Waals surface area contributed by atoms with Gasteiger partial charge in [0.05, 0.1) is 0 Å². The summed E-state index contributed by atoms with van der Waals surface area (Å²) in [4.78, 5) is 0. The van der Waals surface area contributed by atoms with Gasteiger partial charge in [0.25, 0.3) is 0 Å². The topological polar surface area (TPSA) is 26.0 Å². The minimum Gasteiger partial charge on any atom is -0.322 e. The van der Waals surface area contributed by atoms with E-state index in [1.807, 2.05) is 32.0 Å². The molecule has 1 aromatic rings. The molecule has 0 heterocycles. The summed E-state index contributed by atoms with van der Waals surface area (Å²) in [7, 11) is 0. The van der Waals surface area contributed by atoms with Crippen molar-refractivity contribution in [2.24, 2.45) is 5.73 Å². The molecule has 1 rings (SSSR count). The predicted octanol–water partition coefficient (Wildman–Crippen LogP) is 3.58. The molecule has 2 N–H and O–H groups in total. The summed E-state index contributed by atoms with van der Waals surface area (Å²) in [6, 6.07) is 5.44. The Morgan fingerprint density at radius 2 is 1.77 bits per heavy atom. The first-order valence-electron chi connectivity index (χ1n) is 4.22. The van der Waals surface area contributed by atoms with Crippen molar-refractivity contribution in [3.05, 3.63) is 33.8 Å². The van der Waals surface area contributed by atoms with Crippen molar-refractivity contribution in [2.75, 3.05) is 0 Å². The average molecular weight is 218 g/mol. The average Bonchev–Trinajstić information content (AvgIpc) is 2.03. The second-order valence-electron chi connectivity index (χ2n) is 3.37. The van der Waals surface area contributed by atoms with Crippen LogP contribution in [-0.4, -0.2) is 0 Å². The zero-order valence-corrected chi connectivity index (χ0v) is 9.28. The lowest BCUT2D eigenvalue weighted by Gasteiger charge is -2.25. The maximum Gasteiger partial charge on any atom is 0.0471 e. The Labute approximate surface area is 88.8 Å². The second-order valence-corrected chi connectivity index (χ2v) is 4.18. The molecule has 0 spiro atoms. The van der Waals surface area contributed by atoms with Gasteiger partial charge in [-0.15, -0.1) is 0 Å². The van der Waals surface area contributed by atoms with Crippen molar-refractivity contribution in [3.63, 3.8) is 0 Å². The van der Waals surface area contributed by atoms with Crippen LogP contribution < -0.4 is 5.73 Å². The van der Waals surface area contributed by atoms with Crippen LogP contribution in [0.4, 0.5) is 0 Å². The summed E-state index contributed by atoms with van der Waals surface area (Å²) < 4.78 is 0. The minimum atomic E-state index is -0.449. The van der Waals surface area contributed by atoms with Gasteiger partial charge < -0.3 is 5.73 Å². The van der Waals surface area contributed by atoms with Crippen molar-refractivity contribution in [1.82, 2.24) is 0 Å². The molecule has 0 radical (unpaired) electrons. The largest absolute Gasteiger partial charge is 0.322 e. The Hall–Kier alpha value is -0.240. The van der Waals surface area contributed by atoms with Crippen LogP contribution in [0.3, 0.4) is 0 Å². The van der Waals surface area contributed by atoms with Gasteiger partial charge in [-0.3, -0.25) is 0 Å². The maximum absolute atomic E-state index is 6.07. The fraction of sp³-hybridized carbons (Fsp3) is 0.400. The summed E-state index contributed by atoms with van der Waals surface area (Å²) in [5.74, 6) is 0. The van der Waals surface area contributed by atoms with Crippen LogP contribution in [0.1, 0.15) is 25.8 Å². The van der Waals surface area contributed by atoms with Gasteiger partial charge in [-0.25, -0.2) is 0 Å². The highest BCUT2D eigenvalue weighted by molar-refractivity contribution is 6.36. The highest BCUT2D eigenvalue weighted by Crippen LogP contribution is 2.34. The Morgan fingerprint density at radius 3 is 2.15 bits per heavy atom. The standard InChI is InChI=1S/C10H13Cl2N/c1-3-10(2,13)9-7(11)5-4-6-8(9)12/h4-6H,3,13H2,1-2H3/t10-/m1/s1. The van der Waals surface area contributed by atoms with E-state index in [4.69, 9.17) is 28.9 Å². The van der Waals surface area contributed by atoms with Crippen LogP contribution in [0.25, 0.3) is 0 Å². The van der Waals surface area contributed by atoms with Crippen LogP contribution in [0.15, 0.2) is 18.2 Å². The zero-order valence-electron chi connectivity index (χ0n) is 7.77. The number of rotatable bonds is 2. The summed E-state index contributed by atoms with van der Waals surface area (Å²) >= 11 is 12.1. The van der Waals surface area contributed by atoms with E-state index < -0.39 is 5.54 Å². The molecule has 13 heavy (non-hydrogen) atoms. The first-order chi connectivity index (χ1) is 5.99. The first kappa shape index (κ1) is 10.8. The van der Waals surface area contributed by atoms with Gasteiger partial charge in [-0.05, 0) is 25.5 Å². The first-order valence-corrected chi connectivity index (χ1v) is 4.98. The zero-order chi connectivity index (χ0) is 10.1. The lowest BCUT2D eigenvalue weighted by Crippen LogP contribution is -2.32. The third kappa shape index (κ3) is 2.16. The van der Waals surface area contributed by atoms with Crippen molar-refractivity contribution in [2.45, 2.75) is 25.8 Å². The van der Waals surface area contributed by atoms with E-state index in [9.17, 15) is 0 Å². The van der Waals surface area contributed by atoms with Crippen molar-refractivity contribution in [1.29, 1.82) is 0 Å². The van der Waals surface area contributed by atoms with Gasteiger partial charge in [0.2, 0.25) is 0 Å². The van der Waals surface area contributed by atoms with Crippen LogP contribution in [0.5, 0.6) is 0 Å². The number of hydrogen-bond donors (Lipinski definition) is 1. The predicted molar refractivity (Wildman–Crippen MR) is 58.3 cm³/mol. The fourth-order valence-electron chi connectivity index (χ4n) is 1.22. The van der Waals surface area contributed by atoms with Gasteiger partial charge in [0.1, 0.15) is 0 Å². The lowest BCUT2D eigenvalue weighted by atomic mass is 9.90. The molecule has 1 atom stereocenters. The molecule has 1 nitrogen and oxygen atoms in total. The minimum absolute atomic E-state index is 0.449. The van der Waals surface area contributed by atoms with Crippen LogP contribution >= 0.6 is 23.2 Å². The third-order valence-electron chi connectivity index (χ3n) is 2.27. The van der Waals surface area contributed by atoms with E-state index in [-0.39, 0.29) is 0 Å². The molecule has 3 heteroatoms. The van der Waals surface area contributed by atoms with E-state index in [1.165, 1.54) is 0 Å². The SMILES string of the molecule is CC[C@@](C)(N)c1c(Cl)cccc1Cl. The smallest absolute Gasteiger partial charge is 0.0471 e. The molecule has 1 aromatic carbocycles. The van der Waals surface area contributed by atoms with Gasteiger partial charge in [0.15, 0.2) is 0 Å². The summed E-state index contributed by atoms with van der Waals surface area (Å²) in [5, 5.41) is 1.28. The highest BCUT2D eigenvalue weighted by Gasteiger charge is 2.24. The highest BCUT2D eigenvalue weighted by atomic mass is 35.5. The van der Waals surface area contributed by atoms with Crippen LogP contribution in [0.2, 0.25) is 10.0 Å². The van der Waals surface area contributed by atoms with E-state index in [0.29, 0.717) is 10.0 Å². The Bertz CT molecular complexity index is 288. The van der Waals surface area contributed by atoms with Crippen molar-refractivity contribution >= 4 is 23.2 Å². The molecule has 0 bridgehead atoms. The van der Waals surface area contributed by atoms with Crippen LogP contribution in [0, 0.1) is 0 Å². The number of nitrogens with two attached hydrogens (primary N) is 1. The molecule has 0 unspecified atom stereocenters. The van der Waals surface area contributed by atoms with Crippen molar-refractivity contribution in [3.8, 4) is 0 Å². The molecule has 0 saturated heterocycles. The number of halogens is 2. The fourth-order valence-corrected chi connectivity index (χ4v) is 2.05. The molecule has 0 aliphatic rings. The van der Waals surface area contributed by atoms with Gasteiger partial charge in [0, 0.05) is 21.1 Å². The van der Waals surface area contributed by atoms with Gasteiger partial charge >= 0.3 is 0 Å². The quantitative estimate of drug-likeness (QED) is 0.806. The molecule has 72 valence electrons. The Kier molecular flexibility index (Phi) is 3.23. The Balaban J connectivity index is 3.28. The van der Waals surface area contributed by atoms with E-state index in [1.54, 1.807) is 0 Å². The molecular formula is C10H13Cl2N. The normalized spacial score (nSPS) is 15.5. The summed E-state index contributed by atoms with van der Waals surface area (Å²) in [6.07, 6.45) is 0.802. The molecule has 0 aromatic heterocycles. The second kappa shape index (κ2) is 3.87. The molecule has 0 aliphatic heterocycles. The molecule has 0 aliphatic carbocycles. The van der Waals surface area contributed by atoms with Crippen LogP contribution in [-0.2, 0) is 5.54 Å². The molecule has 0 fully saturated rings. The number of benzene rings is 1. The van der Waals surface area contributed by atoms with E-state index >= 15 is 0 Å². The molecule has 0 amide bonds. The van der Waals surface area contributed by atoms with Gasteiger partial charge in [-0.1, -0.05) is 36.2 Å². The molecule has 0 saturated carbocycles. The van der Waals surface area contributed by atoms with Gasteiger partial charge in [-0.2, -0.15) is 0 Å². The lowest BCUT2D eigenvalue weighted by molar-refractivity contribution is 0.477. The van der Waals surface area contributed by atoms with Crippen molar-refractivity contribution < 1.29 is 0 Å². The Morgan fingerprint density at radius 1 is 1.31 bits per heavy atom. The van der Waals surface area contributed by atoms with E-state index in [0.717, 1.165) is 12.0 Å². The summed E-state index contributed by atoms with van der Waals surface area (Å²) in [6.45, 7) is 3.94. The maximum atomic E-state index is 6.07.